The SMILES string of the molecule is CC(C)c1nc(N)cc(N2CC3CCC(C2)O3)n1. The minimum Gasteiger partial charge on any atom is -0.384 e. The van der Waals surface area contributed by atoms with E-state index in [1.54, 1.807) is 0 Å². The van der Waals surface area contributed by atoms with Crippen molar-refractivity contribution in [2.24, 2.45) is 0 Å². The Bertz CT molecular complexity index is 437. The Hall–Kier alpha value is -1.36. The summed E-state index contributed by atoms with van der Waals surface area (Å²) in [5, 5.41) is 0. The maximum atomic E-state index is 5.88. The molecule has 2 saturated heterocycles. The van der Waals surface area contributed by atoms with Crippen LogP contribution >= 0.6 is 0 Å². The molecule has 5 heteroatoms. The molecule has 3 heterocycles. The molecule has 2 N–H and O–H groups in total. The van der Waals surface area contributed by atoms with Crippen molar-refractivity contribution in [1.29, 1.82) is 0 Å². The molecule has 0 spiro atoms. The molecule has 0 radical (unpaired) electrons. The number of rotatable bonds is 2. The summed E-state index contributed by atoms with van der Waals surface area (Å²) in [5.41, 5.74) is 5.88. The zero-order valence-corrected chi connectivity index (χ0v) is 11.0. The van der Waals surface area contributed by atoms with E-state index >= 15 is 0 Å². The smallest absolute Gasteiger partial charge is 0.135 e. The van der Waals surface area contributed by atoms with Crippen LogP contribution < -0.4 is 10.6 Å². The number of nitrogen functional groups attached to an aromatic ring is 1. The van der Waals surface area contributed by atoms with Crippen molar-refractivity contribution < 1.29 is 4.74 Å². The third kappa shape index (κ3) is 2.14. The Balaban J connectivity index is 1.87. The molecule has 98 valence electrons. The molecule has 1 aromatic rings. The van der Waals surface area contributed by atoms with Gasteiger partial charge in [-0.15, -0.1) is 0 Å². The number of hydrogen-bond donors (Lipinski definition) is 1. The summed E-state index contributed by atoms with van der Waals surface area (Å²) in [5.74, 6) is 2.63. The molecule has 0 saturated carbocycles. The van der Waals surface area contributed by atoms with Crippen LogP contribution in [0, 0.1) is 0 Å². The Labute approximate surface area is 107 Å². The van der Waals surface area contributed by atoms with Gasteiger partial charge in [0.05, 0.1) is 12.2 Å². The Kier molecular flexibility index (Phi) is 2.86. The van der Waals surface area contributed by atoms with Gasteiger partial charge in [-0.1, -0.05) is 13.8 Å². The lowest BCUT2D eigenvalue weighted by Crippen LogP contribution is -2.43. The summed E-state index contributed by atoms with van der Waals surface area (Å²) in [6.45, 7) is 6.01. The quantitative estimate of drug-likeness (QED) is 0.860. The number of anilines is 2. The molecule has 1 aromatic heterocycles. The first-order valence-corrected chi connectivity index (χ1v) is 6.66. The molecular weight excluding hydrogens is 228 g/mol. The maximum absolute atomic E-state index is 5.88. The lowest BCUT2D eigenvalue weighted by Gasteiger charge is -2.33. The molecule has 2 atom stereocenters. The van der Waals surface area contributed by atoms with Crippen molar-refractivity contribution in [1.82, 2.24) is 9.97 Å². The third-order valence-corrected chi connectivity index (χ3v) is 3.63. The largest absolute Gasteiger partial charge is 0.384 e. The lowest BCUT2D eigenvalue weighted by atomic mass is 10.2. The highest BCUT2D eigenvalue weighted by Crippen LogP contribution is 2.29. The van der Waals surface area contributed by atoms with Gasteiger partial charge in [-0.3, -0.25) is 0 Å². The van der Waals surface area contributed by atoms with Crippen molar-refractivity contribution >= 4 is 11.6 Å². The molecule has 0 amide bonds. The highest BCUT2D eigenvalue weighted by Gasteiger charge is 2.34. The average Bonchev–Trinajstić information content (AvgIpc) is 2.67. The monoisotopic (exact) mass is 248 g/mol. The van der Waals surface area contributed by atoms with Gasteiger partial charge in [0.2, 0.25) is 0 Å². The molecular formula is C13H20N4O. The van der Waals surface area contributed by atoms with Gasteiger partial charge >= 0.3 is 0 Å². The third-order valence-electron chi connectivity index (χ3n) is 3.63. The maximum Gasteiger partial charge on any atom is 0.135 e. The van der Waals surface area contributed by atoms with Gasteiger partial charge in [-0.2, -0.15) is 0 Å². The van der Waals surface area contributed by atoms with E-state index < -0.39 is 0 Å². The van der Waals surface area contributed by atoms with Crippen LogP contribution in [0.3, 0.4) is 0 Å². The second kappa shape index (κ2) is 4.39. The van der Waals surface area contributed by atoms with Gasteiger partial charge in [-0.25, -0.2) is 9.97 Å². The number of aromatic nitrogens is 2. The van der Waals surface area contributed by atoms with E-state index in [0.717, 1.165) is 24.7 Å². The molecule has 5 nitrogen and oxygen atoms in total. The van der Waals surface area contributed by atoms with Crippen molar-refractivity contribution in [3.05, 3.63) is 11.9 Å². The molecule has 2 fully saturated rings. The van der Waals surface area contributed by atoms with Gasteiger partial charge in [0.1, 0.15) is 17.5 Å². The normalized spacial score (nSPS) is 26.9. The van der Waals surface area contributed by atoms with Crippen LogP contribution in [0.25, 0.3) is 0 Å². The minimum absolute atomic E-state index is 0.296. The summed E-state index contributed by atoms with van der Waals surface area (Å²) in [4.78, 5) is 11.2. The number of morpholine rings is 1. The Morgan fingerprint density at radius 1 is 1.28 bits per heavy atom. The molecule has 3 rings (SSSR count). The summed E-state index contributed by atoms with van der Waals surface area (Å²) >= 11 is 0. The van der Waals surface area contributed by atoms with Crippen molar-refractivity contribution in [2.45, 2.75) is 44.8 Å². The predicted molar refractivity (Wildman–Crippen MR) is 70.6 cm³/mol. The number of ether oxygens (including phenoxy) is 1. The van der Waals surface area contributed by atoms with E-state index in [0.29, 0.717) is 23.9 Å². The molecule has 18 heavy (non-hydrogen) atoms. The van der Waals surface area contributed by atoms with E-state index in [-0.39, 0.29) is 0 Å². The number of hydrogen-bond acceptors (Lipinski definition) is 5. The molecule has 2 aliphatic rings. The first kappa shape index (κ1) is 11.7. The molecule has 0 aromatic carbocycles. The van der Waals surface area contributed by atoms with Gasteiger partial charge in [0.25, 0.3) is 0 Å². The zero-order chi connectivity index (χ0) is 12.7. The van der Waals surface area contributed by atoms with Crippen LogP contribution in [-0.4, -0.2) is 35.3 Å². The van der Waals surface area contributed by atoms with E-state index in [2.05, 4.69) is 28.7 Å². The highest BCUT2D eigenvalue weighted by atomic mass is 16.5. The number of nitrogens with zero attached hydrogens (tertiary/aromatic N) is 3. The second-order valence-electron chi connectivity index (χ2n) is 5.53. The fraction of sp³-hybridized carbons (Fsp3) is 0.692. The van der Waals surface area contributed by atoms with Crippen LogP contribution in [0.15, 0.2) is 6.07 Å². The summed E-state index contributed by atoms with van der Waals surface area (Å²) in [6.07, 6.45) is 3.06. The van der Waals surface area contributed by atoms with Crippen LogP contribution in [0.1, 0.15) is 38.4 Å². The van der Waals surface area contributed by atoms with Crippen molar-refractivity contribution in [3.63, 3.8) is 0 Å². The van der Waals surface area contributed by atoms with Gasteiger partial charge in [0, 0.05) is 25.1 Å². The summed E-state index contributed by atoms with van der Waals surface area (Å²) in [6, 6.07) is 1.87. The van der Waals surface area contributed by atoms with Crippen LogP contribution in [0.5, 0.6) is 0 Å². The number of fused-ring (bicyclic) bond motifs is 2. The van der Waals surface area contributed by atoms with Gasteiger partial charge < -0.3 is 15.4 Å². The molecule has 0 aliphatic carbocycles. The van der Waals surface area contributed by atoms with E-state index in [1.807, 2.05) is 6.07 Å². The van der Waals surface area contributed by atoms with Crippen molar-refractivity contribution in [2.75, 3.05) is 23.7 Å². The fourth-order valence-electron chi connectivity index (χ4n) is 2.69. The average molecular weight is 248 g/mol. The molecule has 2 bridgehead atoms. The summed E-state index contributed by atoms with van der Waals surface area (Å²) < 4.78 is 5.84. The Morgan fingerprint density at radius 3 is 2.56 bits per heavy atom. The second-order valence-corrected chi connectivity index (χ2v) is 5.53. The topological polar surface area (TPSA) is 64.3 Å². The van der Waals surface area contributed by atoms with E-state index in [9.17, 15) is 0 Å². The first-order valence-electron chi connectivity index (χ1n) is 6.66. The molecule has 2 unspecified atom stereocenters. The van der Waals surface area contributed by atoms with E-state index in [4.69, 9.17) is 10.5 Å². The van der Waals surface area contributed by atoms with Gasteiger partial charge in [-0.05, 0) is 12.8 Å². The first-order chi connectivity index (χ1) is 8.61. The molecule has 2 aliphatic heterocycles. The minimum atomic E-state index is 0.296. The fourth-order valence-corrected chi connectivity index (χ4v) is 2.69. The van der Waals surface area contributed by atoms with E-state index in [1.165, 1.54) is 12.8 Å². The highest BCUT2D eigenvalue weighted by molar-refractivity contribution is 5.48. The predicted octanol–water partition coefficient (Wildman–Crippen LogP) is 1.55. The van der Waals surface area contributed by atoms with Crippen LogP contribution in [0.2, 0.25) is 0 Å². The standard InChI is InChI=1S/C13H20N4O/c1-8(2)13-15-11(14)5-12(16-13)17-6-9-3-4-10(7-17)18-9/h5,8-10H,3-4,6-7H2,1-2H3,(H2,14,15,16). The van der Waals surface area contributed by atoms with Crippen LogP contribution in [0.4, 0.5) is 11.6 Å². The lowest BCUT2D eigenvalue weighted by molar-refractivity contribution is 0.0302. The zero-order valence-electron chi connectivity index (χ0n) is 11.0. The van der Waals surface area contributed by atoms with Gasteiger partial charge in [0.15, 0.2) is 0 Å². The summed E-state index contributed by atoms with van der Waals surface area (Å²) in [7, 11) is 0. The van der Waals surface area contributed by atoms with Crippen molar-refractivity contribution in [3.8, 4) is 0 Å². The Morgan fingerprint density at radius 2 is 1.94 bits per heavy atom. The number of nitrogens with two attached hydrogens (primary N) is 1. The van der Waals surface area contributed by atoms with Crippen LogP contribution in [-0.2, 0) is 4.74 Å².